The van der Waals surface area contributed by atoms with Crippen molar-refractivity contribution in [3.05, 3.63) is 64.1 Å². The zero-order valence-electron chi connectivity index (χ0n) is 17.1. The van der Waals surface area contributed by atoms with Gasteiger partial charge in [-0.05, 0) is 37.0 Å². The first-order chi connectivity index (χ1) is 14.7. The van der Waals surface area contributed by atoms with Gasteiger partial charge in [0.15, 0.2) is 6.61 Å². The molecule has 1 saturated heterocycles. The monoisotopic (exact) mass is 483 g/mol. The fourth-order valence-corrected chi connectivity index (χ4v) is 5.16. The summed E-state index contributed by atoms with van der Waals surface area (Å²) < 4.78 is 5.76. The molecule has 166 valence electrons. The molecule has 4 rings (SSSR count). The minimum atomic E-state index is -1.72. The second-order valence-corrected chi connectivity index (χ2v) is 10.6. The molecule has 1 aromatic heterocycles. The van der Waals surface area contributed by atoms with Crippen LogP contribution in [0.3, 0.4) is 0 Å². The van der Waals surface area contributed by atoms with Gasteiger partial charge in [0, 0.05) is 37.3 Å². The lowest BCUT2D eigenvalue weighted by Gasteiger charge is -2.47. The Hall–Kier alpha value is -1.73. The van der Waals surface area contributed by atoms with Crippen LogP contribution in [0, 0.1) is 12.8 Å². The van der Waals surface area contributed by atoms with E-state index >= 15 is 0 Å². The molecule has 0 saturated carbocycles. The molecular weight excluding hydrogens is 461 g/mol. The summed E-state index contributed by atoms with van der Waals surface area (Å²) in [5.74, 6) is 0.641. The number of halogens is 3. The van der Waals surface area contributed by atoms with Gasteiger partial charge in [0.2, 0.25) is 3.79 Å². The molecule has 3 atom stereocenters. The second kappa shape index (κ2) is 9.02. The van der Waals surface area contributed by atoms with E-state index in [-0.39, 0.29) is 29.9 Å². The van der Waals surface area contributed by atoms with E-state index in [0.717, 1.165) is 17.7 Å². The van der Waals surface area contributed by atoms with Gasteiger partial charge in [-0.2, -0.15) is 0 Å². The largest absolute Gasteiger partial charge is 0.484 e. The fourth-order valence-electron chi connectivity index (χ4n) is 4.58. The van der Waals surface area contributed by atoms with E-state index in [4.69, 9.17) is 39.5 Å². The molecule has 0 aliphatic carbocycles. The number of amides is 1. The number of nitrogens with one attached hydrogen (secondary N) is 1. The molecule has 1 amide bonds. The van der Waals surface area contributed by atoms with Gasteiger partial charge < -0.3 is 14.6 Å². The van der Waals surface area contributed by atoms with Crippen LogP contribution < -0.4 is 15.6 Å². The van der Waals surface area contributed by atoms with Gasteiger partial charge in [-0.25, -0.2) is 0 Å². The lowest BCUT2D eigenvalue weighted by molar-refractivity contribution is -0.125. The fraction of sp³-hybridized carbons (Fsp3) is 0.455. The molecule has 3 heterocycles. The number of piperidine rings is 1. The Morgan fingerprint density at radius 2 is 1.94 bits per heavy atom. The van der Waals surface area contributed by atoms with Crippen LogP contribution in [-0.4, -0.2) is 45.0 Å². The maximum Gasteiger partial charge on any atom is 0.259 e. The van der Waals surface area contributed by atoms with Gasteiger partial charge in [-0.15, -0.1) is 0 Å². The van der Waals surface area contributed by atoms with Crippen molar-refractivity contribution in [2.24, 2.45) is 5.92 Å². The molecule has 9 heteroatoms. The first-order valence-electron chi connectivity index (χ1n) is 10.2. The Balaban J connectivity index is 1.47. The van der Waals surface area contributed by atoms with Crippen molar-refractivity contribution >= 4 is 40.7 Å². The summed E-state index contributed by atoms with van der Waals surface area (Å²) in [5, 5.41) is 2.84. The van der Waals surface area contributed by atoms with E-state index in [1.54, 1.807) is 18.2 Å². The van der Waals surface area contributed by atoms with E-state index < -0.39 is 9.96 Å². The number of rotatable bonds is 5. The standard InChI is InChI=1S/C22H24Cl3N3O3/c1-14-5-2-3-7-18(14)31-13-19(29)26-21(22(23,24)25)27-10-15-9-16(12-27)17-6-4-8-20(30)28(17)11-15/h2-8,15-16,21H,9-13H2,1H3,(H,26,29)/t15-,16-,21+/m0/s1. The van der Waals surface area contributed by atoms with Crippen LogP contribution in [-0.2, 0) is 11.3 Å². The number of hydrogen-bond donors (Lipinski definition) is 1. The van der Waals surface area contributed by atoms with Gasteiger partial charge in [-0.1, -0.05) is 59.1 Å². The molecule has 31 heavy (non-hydrogen) atoms. The Bertz CT molecular complexity index is 1020. The minimum absolute atomic E-state index is 0.0141. The van der Waals surface area contributed by atoms with Gasteiger partial charge in [0.1, 0.15) is 11.9 Å². The third kappa shape index (κ3) is 5.03. The van der Waals surface area contributed by atoms with E-state index in [2.05, 4.69) is 5.32 Å². The maximum atomic E-state index is 12.6. The van der Waals surface area contributed by atoms with E-state index in [9.17, 15) is 9.59 Å². The van der Waals surface area contributed by atoms with Gasteiger partial charge in [0.25, 0.3) is 11.5 Å². The zero-order chi connectivity index (χ0) is 22.2. The molecule has 2 aromatic rings. The van der Waals surface area contributed by atoms with Crippen LogP contribution in [0.1, 0.15) is 23.6 Å². The molecule has 1 N–H and O–H groups in total. The number of likely N-dealkylation sites (tertiary alicyclic amines) is 1. The van der Waals surface area contributed by atoms with Gasteiger partial charge >= 0.3 is 0 Å². The summed E-state index contributed by atoms with van der Waals surface area (Å²) in [7, 11) is 0. The summed E-state index contributed by atoms with van der Waals surface area (Å²) in [6.07, 6.45) is 0.161. The highest BCUT2D eigenvalue weighted by molar-refractivity contribution is 6.68. The Labute approximate surface area is 196 Å². The van der Waals surface area contributed by atoms with Crippen LogP contribution in [0.4, 0.5) is 0 Å². The molecule has 0 radical (unpaired) electrons. The smallest absolute Gasteiger partial charge is 0.259 e. The first kappa shape index (κ1) is 22.5. The number of ether oxygens (including phenoxy) is 1. The molecular formula is C22H24Cl3N3O3. The average molecular weight is 485 g/mol. The topological polar surface area (TPSA) is 63.6 Å². The first-order valence-corrected chi connectivity index (χ1v) is 11.3. The number of carbonyl (C=O) groups is 1. The van der Waals surface area contributed by atoms with Crippen LogP contribution in [0.2, 0.25) is 0 Å². The summed E-state index contributed by atoms with van der Waals surface area (Å²) in [6.45, 7) is 3.55. The van der Waals surface area contributed by atoms with E-state index in [1.807, 2.05) is 40.7 Å². The molecule has 2 aliphatic heterocycles. The average Bonchev–Trinajstić information content (AvgIpc) is 2.71. The quantitative estimate of drug-likeness (QED) is 0.660. The Morgan fingerprint density at radius 3 is 2.68 bits per heavy atom. The number of alkyl halides is 3. The van der Waals surface area contributed by atoms with Crippen LogP contribution in [0.25, 0.3) is 0 Å². The molecule has 0 unspecified atom stereocenters. The number of fused-ring (bicyclic) bond motifs is 4. The number of nitrogens with zero attached hydrogens (tertiary/aromatic N) is 2. The number of aromatic nitrogens is 1. The number of benzene rings is 1. The van der Waals surface area contributed by atoms with Crippen molar-refractivity contribution in [2.45, 2.75) is 35.8 Å². The molecule has 6 nitrogen and oxygen atoms in total. The predicted molar refractivity (Wildman–Crippen MR) is 122 cm³/mol. The lowest BCUT2D eigenvalue weighted by Crippen LogP contribution is -2.60. The summed E-state index contributed by atoms with van der Waals surface area (Å²) >= 11 is 18.8. The van der Waals surface area contributed by atoms with Crippen molar-refractivity contribution in [3.8, 4) is 5.75 Å². The highest BCUT2D eigenvalue weighted by Gasteiger charge is 2.44. The normalized spacial score (nSPS) is 21.8. The number of hydrogen-bond acceptors (Lipinski definition) is 4. The highest BCUT2D eigenvalue weighted by Crippen LogP contribution is 2.39. The number of pyridine rings is 1. The molecule has 0 spiro atoms. The molecule has 2 aliphatic rings. The SMILES string of the molecule is Cc1ccccc1OCC(=O)N[C@H](N1C[C@@H]2C[C@@H](C1)c1cccc(=O)n1C2)C(Cl)(Cl)Cl. The van der Waals surface area contributed by atoms with Crippen LogP contribution in [0.5, 0.6) is 5.75 Å². The van der Waals surface area contributed by atoms with E-state index in [1.165, 1.54) is 0 Å². The van der Waals surface area contributed by atoms with Gasteiger partial charge in [-0.3, -0.25) is 14.5 Å². The Morgan fingerprint density at radius 1 is 1.16 bits per heavy atom. The highest BCUT2D eigenvalue weighted by atomic mass is 35.6. The summed E-state index contributed by atoms with van der Waals surface area (Å²) in [4.78, 5) is 26.9. The number of para-hydroxylation sites is 1. The third-order valence-corrected chi connectivity index (χ3v) is 6.55. The van der Waals surface area contributed by atoms with Crippen molar-refractivity contribution < 1.29 is 9.53 Å². The lowest BCUT2D eigenvalue weighted by atomic mass is 9.83. The number of aryl methyl sites for hydroxylation is 1. The minimum Gasteiger partial charge on any atom is -0.484 e. The molecule has 1 aromatic carbocycles. The zero-order valence-corrected chi connectivity index (χ0v) is 19.3. The predicted octanol–water partition coefficient (Wildman–Crippen LogP) is 3.47. The molecule has 1 fully saturated rings. The van der Waals surface area contributed by atoms with Crippen molar-refractivity contribution in [1.82, 2.24) is 14.8 Å². The van der Waals surface area contributed by atoms with Crippen molar-refractivity contribution in [1.29, 1.82) is 0 Å². The summed E-state index contributed by atoms with van der Waals surface area (Å²) in [5.41, 5.74) is 1.94. The van der Waals surface area contributed by atoms with Crippen molar-refractivity contribution in [3.63, 3.8) is 0 Å². The molecule has 2 bridgehead atoms. The van der Waals surface area contributed by atoms with Crippen molar-refractivity contribution in [2.75, 3.05) is 19.7 Å². The second-order valence-electron chi connectivity index (χ2n) is 8.22. The maximum absolute atomic E-state index is 12.6. The summed E-state index contributed by atoms with van der Waals surface area (Å²) in [6, 6.07) is 12.8. The van der Waals surface area contributed by atoms with Crippen LogP contribution >= 0.6 is 34.8 Å². The van der Waals surface area contributed by atoms with Gasteiger partial charge in [0.05, 0.1) is 0 Å². The third-order valence-electron chi connectivity index (χ3n) is 5.93. The number of carbonyl (C=O) groups excluding carboxylic acids is 1. The van der Waals surface area contributed by atoms with Crippen LogP contribution in [0.15, 0.2) is 47.3 Å². The van der Waals surface area contributed by atoms with E-state index in [0.29, 0.717) is 25.4 Å². The Kier molecular flexibility index (Phi) is 6.54.